The minimum absolute atomic E-state index is 0.0594. The molecule has 1 atom stereocenters. The van der Waals surface area contributed by atoms with E-state index < -0.39 is 28.6 Å². The van der Waals surface area contributed by atoms with Crippen LogP contribution < -0.4 is 0 Å². The number of rotatable bonds is 7. The van der Waals surface area contributed by atoms with E-state index in [0.717, 1.165) is 10.5 Å². The second-order valence-corrected chi connectivity index (χ2v) is 12.5. The highest BCUT2D eigenvalue weighted by Crippen LogP contribution is 2.39. The van der Waals surface area contributed by atoms with Crippen molar-refractivity contribution in [3.63, 3.8) is 0 Å². The summed E-state index contributed by atoms with van der Waals surface area (Å²) in [5, 5.41) is 12.0. The highest BCUT2D eigenvalue weighted by molar-refractivity contribution is 7.99. The van der Waals surface area contributed by atoms with Crippen molar-refractivity contribution in [2.75, 3.05) is 33.7 Å². The van der Waals surface area contributed by atoms with E-state index in [-0.39, 0.29) is 42.7 Å². The summed E-state index contributed by atoms with van der Waals surface area (Å²) in [6, 6.07) is 11.5. The van der Waals surface area contributed by atoms with E-state index in [2.05, 4.69) is 20.4 Å². The standard InChI is InChI=1S/C30H38N4O6S/c1-19(2)22-11-9-10-12-25(22)41-26-14-13-21(17-23(26)34(38)39)20(3)27(35)32-15-16-33(29(37)40-30(4,5)6)24(18-32)28(36)31(7)8/h9-14,17,19,24H,3,15-16,18H2,1-2,4-8H3. The van der Waals surface area contributed by atoms with E-state index in [9.17, 15) is 24.5 Å². The zero-order chi connectivity index (χ0) is 30.6. The molecule has 41 heavy (non-hydrogen) atoms. The molecular formula is C30H38N4O6S. The fraction of sp³-hybridized carbons (Fsp3) is 0.433. The SMILES string of the molecule is C=C(C(=O)N1CCN(C(=O)OC(C)(C)C)C(C(=O)N(C)C)C1)c1ccc(Sc2ccccc2C(C)C)c([N+](=O)[O-])c1. The molecule has 1 fully saturated rings. The third-order valence-electron chi connectivity index (χ3n) is 6.54. The molecule has 3 rings (SSSR count). The summed E-state index contributed by atoms with van der Waals surface area (Å²) < 4.78 is 5.49. The normalized spacial score (nSPS) is 15.5. The molecule has 0 N–H and O–H groups in total. The van der Waals surface area contributed by atoms with E-state index in [1.165, 1.54) is 32.5 Å². The number of hydrogen-bond acceptors (Lipinski definition) is 7. The van der Waals surface area contributed by atoms with Crippen LogP contribution in [0.15, 0.2) is 58.8 Å². The molecule has 0 spiro atoms. The maximum absolute atomic E-state index is 13.5. The molecule has 220 valence electrons. The molecule has 1 aliphatic rings. The number of hydrogen-bond donors (Lipinski definition) is 0. The van der Waals surface area contributed by atoms with Gasteiger partial charge in [0, 0.05) is 43.7 Å². The molecule has 3 amide bonds. The minimum Gasteiger partial charge on any atom is -0.444 e. The monoisotopic (exact) mass is 582 g/mol. The van der Waals surface area contributed by atoms with Crippen LogP contribution in [0.5, 0.6) is 0 Å². The Morgan fingerprint density at radius 1 is 1.10 bits per heavy atom. The third-order valence-corrected chi connectivity index (χ3v) is 7.70. The first-order valence-corrected chi connectivity index (χ1v) is 14.2. The number of nitro groups is 1. The number of amides is 3. The Labute approximate surface area is 245 Å². The lowest BCUT2D eigenvalue weighted by atomic mass is 10.0. The molecule has 0 aliphatic carbocycles. The Balaban J connectivity index is 1.85. The van der Waals surface area contributed by atoms with E-state index >= 15 is 0 Å². The summed E-state index contributed by atoms with van der Waals surface area (Å²) >= 11 is 1.31. The predicted octanol–water partition coefficient (Wildman–Crippen LogP) is 5.42. The van der Waals surface area contributed by atoms with Crippen molar-refractivity contribution in [3.05, 3.63) is 70.3 Å². The van der Waals surface area contributed by atoms with Gasteiger partial charge in [-0.25, -0.2) is 4.79 Å². The van der Waals surface area contributed by atoms with Crippen LogP contribution >= 0.6 is 11.8 Å². The van der Waals surface area contributed by atoms with Gasteiger partial charge in [-0.05, 0) is 49.9 Å². The van der Waals surface area contributed by atoms with E-state index in [1.54, 1.807) is 47.0 Å². The van der Waals surface area contributed by atoms with Crippen molar-refractivity contribution in [2.45, 2.75) is 62.0 Å². The number of nitrogens with zero attached hydrogens (tertiary/aromatic N) is 4. The summed E-state index contributed by atoms with van der Waals surface area (Å²) in [5.41, 5.74) is 0.584. The highest BCUT2D eigenvalue weighted by Gasteiger charge is 2.40. The second kappa shape index (κ2) is 12.8. The van der Waals surface area contributed by atoms with Gasteiger partial charge in [-0.15, -0.1) is 0 Å². The van der Waals surface area contributed by atoms with Crippen LogP contribution in [0.25, 0.3) is 5.57 Å². The van der Waals surface area contributed by atoms with Crippen LogP contribution in [-0.2, 0) is 14.3 Å². The Morgan fingerprint density at radius 2 is 1.76 bits per heavy atom. The maximum Gasteiger partial charge on any atom is 0.411 e. The number of carbonyl (C=O) groups is 3. The lowest BCUT2D eigenvalue weighted by Crippen LogP contribution is -2.61. The summed E-state index contributed by atoms with van der Waals surface area (Å²) in [6.45, 7) is 13.5. The molecule has 1 heterocycles. The molecule has 0 radical (unpaired) electrons. The first-order valence-electron chi connectivity index (χ1n) is 13.3. The number of ether oxygens (including phenoxy) is 1. The van der Waals surface area contributed by atoms with Gasteiger partial charge in [0.15, 0.2) is 0 Å². The molecule has 0 bridgehead atoms. The average molecular weight is 583 g/mol. The van der Waals surface area contributed by atoms with Crippen LogP contribution in [0.4, 0.5) is 10.5 Å². The zero-order valence-corrected chi connectivity index (χ0v) is 25.5. The van der Waals surface area contributed by atoms with Crippen LogP contribution in [0.2, 0.25) is 0 Å². The molecule has 0 saturated carbocycles. The van der Waals surface area contributed by atoms with E-state index in [4.69, 9.17) is 4.74 Å². The average Bonchev–Trinajstić information content (AvgIpc) is 2.90. The van der Waals surface area contributed by atoms with Crippen molar-refractivity contribution in [2.24, 2.45) is 0 Å². The van der Waals surface area contributed by atoms with Crippen molar-refractivity contribution in [1.82, 2.24) is 14.7 Å². The first kappa shape index (κ1) is 31.7. The zero-order valence-electron chi connectivity index (χ0n) is 24.7. The smallest absolute Gasteiger partial charge is 0.411 e. The van der Waals surface area contributed by atoms with Gasteiger partial charge in [0.1, 0.15) is 11.6 Å². The topological polar surface area (TPSA) is 113 Å². The van der Waals surface area contributed by atoms with Gasteiger partial charge in [-0.2, -0.15) is 0 Å². The lowest BCUT2D eigenvalue weighted by molar-refractivity contribution is -0.387. The second-order valence-electron chi connectivity index (χ2n) is 11.4. The van der Waals surface area contributed by atoms with Gasteiger partial charge in [0.05, 0.1) is 16.4 Å². The summed E-state index contributed by atoms with van der Waals surface area (Å²) in [6.07, 6.45) is -0.633. The molecule has 1 unspecified atom stereocenters. The number of benzene rings is 2. The molecule has 2 aromatic carbocycles. The summed E-state index contributed by atoms with van der Waals surface area (Å²) in [5.74, 6) is -0.573. The molecule has 2 aromatic rings. The Morgan fingerprint density at radius 3 is 2.34 bits per heavy atom. The summed E-state index contributed by atoms with van der Waals surface area (Å²) in [4.78, 5) is 56.5. The largest absolute Gasteiger partial charge is 0.444 e. The number of likely N-dealkylation sites (N-methyl/N-ethyl adjacent to an activating group) is 1. The highest BCUT2D eigenvalue weighted by atomic mass is 32.2. The molecule has 1 aliphatic heterocycles. The molecule has 0 aromatic heterocycles. The van der Waals surface area contributed by atoms with Crippen LogP contribution in [0.1, 0.15) is 51.7 Å². The van der Waals surface area contributed by atoms with Gasteiger partial charge in [-0.3, -0.25) is 24.6 Å². The Kier molecular flexibility index (Phi) is 9.85. The van der Waals surface area contributed by atoms with Crippen LogP contribution in [0.3, 0.4) is 0 Å². The number of nitro benzene ring substituents is 1. The van der Waals surface area contributed by atoms with E-state index in [0.29, 0.717) is 10.5 Å². The van der Waals surface area contributed by atoms with Crippen molar-refractivity contribution in [3.8, 4) is 0 Å². The molecular weight excluding hydrogens is 544 g/mol. The van der Waals surface area contributed by atoms with Gasteiger partial charge in [-0.1, -0.05) is 56.5 Å². The first-order chi connectivity index (χ1) is 19.1. The van der Waals surface area contributed by atoms with E-state index in [1.807, 2.05) is 24.3 Å². The number of piperazine rings is 1. The lowest BCUT2D eigenvalue weighted by Gasteiger charge is -2.41. The van der Waals surface area contributed by atoms with Crippen molar-refractivity contribution >= 4 is 40.9 Å². The summed E-state index contributed by atoms with van der Waals surface area (Å²) in [7, 11) is 3.15. The van der Waals surface area contributed by atoms with Crippen LogP contribution in [0, 0.1) is 10.1 Å². The molecule has 1 saturated heterocycles. The molecule has 10 nitrogen and oxygen atoms in total. The Hall–Kier alpha value is -3.86. The fourth-order valence-corrected chi connectivity index (χ4v) is 5.61. The number of carbonyl (C=O) groups excluding carboxylic acids is 3. The third kappa shape index (κ3) is 7.66. The maximum atomic E-state index is 13.5. The van der Waals surface area contributed by atoms with Crippen LogP contribution in [-0.4, -0.2) is 82.9 Å². The fourth-order valence-electron chi connectivity index (χ4n) is 4.43. The van der Waals surface area contributed by atoms with Crippen molar-refractivity contribution in [1.29, 1.82) is 0 Å². The minimum atomic E-state index is -0.945. The Bertz CT molecular complexity index is 1350. The van der Waals surface area contributed by atoms with Crippen molar-refractivity contribution < 1.29 is 24.0 Å². The van der Waals surface area contributed by atoms with Gasteiger partial charge in [0.2, 0.25) is 5.91 Å². The van der Waals surface area contributed by atoms with Gasteiger partial charge in [0.25, 0.3) is 11.6 Å². The van der Waals surface area contributed by atoms with Gasteiger partial charge >= 0.3 is 6.09 Å². The quantitative estimate of drug-likeness (QED) is 0.243. The predicted molar refractivity (Wildman–Crippen MR) is 159 cm³/mol. The van der Waals surface area contributed by atoms with Gasteiger partial charge < -0.3 is 14.5 Å². The molecule has 11 heteroatoms.